The molecule has 5 rings (SSSR count). The Bertz CT molecular complexity index is 1460. The van der Waals surface area contributed by atoms with Crippen LogP contribution in [0.4, 0.5) is 0 Å². The van der Waals surface area contributed by atoms with Gasteiger partial charge < -0.3 is 4.74 Å². The maximum absolute atomic E-state index is 14.1. The van der Waals surface area contributed by atoms with Gasteiger partial charge in [0.2, 0.25) is 10.0 Å². The molecule has 0 N–H and O–H groups in total. The van der Waals surface area contributed by atoms with Crippen LogP contribution in [0, 0.1) is 6.92 Å². The van der Waals surface area contributed by atoms with Gasteiger partial charge in [-0.3, -0.25) is 0 Å². The lowest BCUT2D eigenvalue weighted by Gasteiger charge is -2.43. The summed E-state index contributed by atoms with van der Waals surface area (Å²) in [6.07, 6.45) is 2.83. The van der Waals surface area contributed by atoms with Crippen molar-refractivity contribution < 1.29 is 17.9 Å². The number of esters is 1. The summed E-state index contributed by atoms with van der Waals surface area (Å²) in [4.78, 5) is 12.8. The molecule has 0 radical (unpaired) electrons. The van der Waals surface area contributed by atoms with Gasteiger partial charge >= 0.3 is 5.97 Å². The zero-order chi connectivity index (χ0) is 26.8. The van der Waals surface area contributed by atoms with Gasteiger partial charge in [0.1, 0.15) is 5.54 Å². The normalized spacial score (nSPS) is 16.4. The number of hydrogen-bond donors (Lipinski definition) is 0. The number of carbonyl (C=O) groups is 1. The summed E-state index contributed by atoms with van der Waals surface area (Å²) in [6, 6.07) is 25.8. The van der Waals surface area contributed by atoms with Gasteiger partial charge in [0.15, 0.2) is 5.69 Å². The molecule has 3 aromatic carbocycles. The fourth-order valence-corrected chi connectivity index (χ4v) is 7.09. The average molecular weight is 531 g/mol. The van der Waals surface area contributed by atoms with Crippen LogP contribution in [0.3, 0.4) is 0 Å². The number of rotatable bonds is 8. The van der Waals surface area contributed by atoms with Crippen LogP contribution in [0.25, 0.3) is 0 Å². The summed E-state index contributed by atoms with van der Waals surface area (Å²) in [5, 5.41) is 8.58. The van der Waals surface area contributed by atoms with Crippen molar-refractivity contribution in [2.45, 2.75) is 43.2 Å². The number of carbonyl (C=O) groups excluding carboxylic acids is 1. The van der Waals surface area contributed by atoms with Gasteiger partial charge in [-0.25, -0.2) is 17.9 Å². The molecule has 0 bridgehead atoms. The van der Waals surface area contributed by atoms with E-state index in [2.05, 4.69) is 10.3 Å². The Labute approximate surface area is 222 Å². The fourth-order valence-electron chi connectivity index (χ4n) is 5.38. The third-order valence-electron chi connectivity index (χ3n) is 7.08. The molecule has 0 spiro atoms. The molecule has 1 fully saturated rings. The van der Waals surface area contributed by atoms with E-state index in [9.17, 15) is 13.2 Å². The van der Waals surface area contributed by atoms with Crippen molar-refractivity contribution in [3.8, 4) is 0 Å². The number of nitrogens with zero attached hydrogens (tertiary/aromatic N) is 4. The zero-order valence-corrected chi connectivity index (χ0v) is 22.2. The van der Waals surface area contributed by atoms with E-state index in [-0.39, 0.29) is 17.2 Å². The Kier molecular flexibility index (Phi) is 7.14. The van der Waals surface area contributed by atoms with Gasteiger partial charge in [0.25, 0.3) is 0 Å². The molecule has 196 valence electrons. The predicted octanol–water partition coefficient (Wildman–Crippen LogP) is 4.41. The molecule has 1 aliphatic rings. The molecule has 1 saturated heterocycles. The van der Waals surface area contributed by atoms with Crippen LogP contribution in [-0.2, 0) is 20.3 Å². The minimum Gasteiger partial charge on any atom is -0.461 e. The van der Waals surface area contributed by atoms with E-state index in [0.717, 1.165) is 16.7 Å². The zero-order valence-electron chi connectivity index (χ0n) is 21.4. The lowest BCUT2D eigenvalue weighted by molar-refractivity contribution is 0.0519. The van der Waals surface area contributed by atoms with Crippen LogP contribution in [-0.4, -0.2) is 52.9 Å². The molecule has 0 amide bonds. The van der Waals surface area contributed by atoms with E-state index in [1.54, 1.807) is 34.2 Å². The molecule has 0 saturated carbocycles. The van der Waals surface area contributed by atoms with Crippen LogP contribution in [0.1, 0.15) is 46.9 Å². The second-order valence-corrected chi connectivity index (χ2v) is 11.2. The second-order valence-electron chi connectivity index (χ2n) is 9.35. The minimum absolute atomic E-state index is 0.0639. The average Bonchev–Trinajstić information content (AvgIpc) is 3.63. The van der Waals surface area contributed by atoms with Crippen molar-refractivity contribution in [3.63, 3.8) is 0 Å². The SMILES string of the molecule is CCOC(=O)c1cn(C(c2ccccc2)(c2ccccc2)[C@@H]2CCCN2S(=O)(=O)c2ccc(C)cc2)nn1. The molecule has 8 nitrogen and oxygen atoms in total. The van der Waals surface area contributed by atoms with Crippen molar-refractivity contribution in [2.75, 3.05) is 13.2 Å². The standard InChI is InChI=1S/C29H30N4O4S/c1-3-37-28(34)26-21-33(31-30-26)29(23-11-6-4-7-12-23,24-13-8-5-9-14-24)27-15-10-20-32(27)38(35,36)25-18-16-22(2)17-19-25/h4-9,11-14,16-19,21,27H,3,10,15,20H2,1-2H3/t27-/m0/s1. The summed E-state index contributed by atoms with van der Waals surface area (Å²) in [5.74, 6) is -0.579. The molecule has 2 heterocycles. The number of sulfonamides is 1. The van der Waals surface area contributed by atoms with Gasteiger partial charge in [-0.2, -0.15) is 4.31 Å². The number of hydrogen-bond acceptors (Lipinski definition) is 6. The van der Waals surface area contributed by atoms with Crippen LogP contribution >= 0.6 is 0 Å². The van der Waals surface area contributed by atoms with E-state index in [4.69, 9.17) is 4.74 Å². The maximum atomic E-state index is 14.1. The summed E-state index contributed by atoms with van der Waals surface area (Å²) in [5.41, 5.74) is 1.62. The van der Waals surface area contributed by atoms with Crippen LogP contribution < -0.4 is 0 Å². The predicted molar refractivity (Wildman–Crippen MR) is 143 cm³/mol. The highest BCUT2D eigenvalue weighted by atomic mass is 32.2. The summed E-state index contributed by atoms with van der Waals surface area (Å²) >= 11 is 0. The molecule has 1 aromatic heterocycles. The van der Waals surface area contributed by atoms with Gasteiger partial charge in [0.05, 0.1) is 23.7 Å². The Balaban J connectivity index is 1.76. The van der Waals surface area contributed by atoms with E-state index in [1.807, 2.05) is 79.7 Å². The molecule has 1 aliphatic heterocycles. The third kappa shape index (κ3) is 4.41. The van der Waals surface area contributed by atoms with Crippen LogP contribution in [0.15, 0.2) is 96.0 Å². The second kappa shape index (κ2) is 10.5. The maximum Gasteiger partial charge on any atom is 0.360 e. The Morgan fingerprint density at radius 2 is 1.58 bits per heavy atom. The van der Waals surface area contributed by atoms with Crippen LogP contribution in [0.2, 0.25) is 0 Å². The largest absolute Gasteiger partial charge is 0.461 e. The monoisotopic (exact) mass is 530 g/mol. The van der Waals surface area contributed by atoms with Gasteiger partial charge in [-0.1, -0.05) is 83.6 Å². The lowest BCUT2D eigenvalue weighted by Crippen LogP contribution is -2.54. The highest BCUT2D eigenvalue weighted by Crippen LogP contribution is 2.45. The van der Waals surface area contributed by atoms with Crippen molar-refractivity contribution >= 4 is 16.0 Å². The molecule has 0 aliphatic carbocycles. The van der Waals surface area contributed by atoms with E-state index in [1.165, 1.54) is 0 Å². The van der Waals surface area contributed by atoms with E-state index >= 15 is 0 Å². The minimum atomic E-state index is -3.85. The van der Waals surface area contributed by atoms with Gasteiger partial charge in [-0.05, 0) is 49.9 Å². The quantitative estimate of drug-likeness (QED) is 0.313. The third-order valence-corrected chi connectivity index (χ3v) is 9.00. The fraction of sp³-hybridized carbons (Fsp3) is 0.276. The van der Waals surface area contributed by atoms with Crippen molar-refractivity contribution in [1.29, 1.82) is 0 Å². The first-order chi connectivity index (χ1) is 18.4. The Hall–Kier alpha value is -3.82. The number of aryl methyl sites for hydroxylation is 1. The number of ether oxygens (including phenoxy) is 1. The van der Waals surface area contributed by atoms with Crippen molar-refractivity contribution in [2.24, 2.45) is 0 Å². The Morgan fingerprint density at radius 1 is 0.974 bits per heavy atom. The number of benzene rings is 3. The summed E-state index contributed by atoms with van der Waals surface area (Å²) < 4.78 is 36.6. The molecular formula is C29H30N4O4S. The smallest absolute Gasteiger partial charge is 0.360 e. The highest BCUT2D eigenvalue weighted by Gasteiger charge is 2.53. The van der Waals surface area contributed by atoms with E-state index < -0.39 is 27.6 Å². The molecule has 9 heteroatoms. The Morgan fingerprint density at radius 3 is 2.16 bits per heavy atom. The topological polar surface area (TPSA) is 94.4 Å². The van der Waals surface area contributed by atoms with Crippen molar-refractivity contribution in [1.82, 2.24) is 19.3 Å². The van der Waals surface area contributed by atoms with Crippen LogP contribution in [0.5, 0.6) is 0 Å². The summed E-state index contributed by atoms with van der Waals surface area (Å²) in [6.45, 7) is 4.23. The molecule has 1 atom stereocenters. The first-order valence-corrected chi connectivity index (χ1v) is 14.1. The highest BCUT2D eigenvalue weighted by molar-refractivity contribution is 7.89. The molecule has 0 unspecified atom stereocenters. The van der Waals surface area contributed by atoms with Gasteiger partial charge in [-0.15, -0.1) is 5.10 Å². The van der Waals surface area contributed by atoms with Gasteiger partial charge in [0, 0.05) is 6.54 Å². The lowest BCUT2D eigenvalue weighted by atomic mass is 9.76. The first kappa shape index (κ1) is 25.8. The molecular weight excluding hydrogens is 500 g/mol. The number of aromatic nitrogens is 3. The van der Waals surface area contributed by atoms with E-state index in [0.29, 0.717) is 19.4 Å². The molecule has 4 aromatic rings. The first-order valence-electron chi connectivity index (χ1n) is 12.7. The summed E-state index contributed by atoms with van der Waals surface area (Å²) in [7, 11) is -3.85. The van der Waals surface area contributed by atoms with Crippen molar-refractivity contribution in [3.05, 3.63) is 114 Å². The molecule has 38 heavy (non-hydrogen) atoms.